The number of aromatic nitrogens is 1. The fourth-order valence-corrected chi connectivity index (χ4v) is 2.69. The minimum absolute atomic E-state index is 0.204. The molecular formula is C16H18N2O3. The van der Waals surface area contributed by atoms with Crippen LogP contribution in [-0.4, -0.2) is 17.4 Å². The standard InChI is InChI=1S/C16H18N2O3/c19-15(17-8-7-12-5-3-9-21-12)13-10-11-4-1-2-6-14(11)18-16(13)20/h3,5,9-10H,1-2,4,6-8H2,(H,17,19)(H,18,20). The number of H-pyrrole nitrogens is 1. The Labute approximate surface area is 122 Å². The van der Waals surface area contributed by atoms with E-state index in [9.17, 15) is 9.59 Å². The number of carbonyl (C=O) groups is 1. The van der Waals surface area contributed by atoms with Crippen LogP contribution in [0, 0.1) is 0 Å². The van der Waals surface area contributed by atoms with Crippen molar-refractivity contribution in [1.29, 1.82) is 0 Å². The van der Waals surface area contributed by atoms with Gasteiger partial charge in [-0.2, -0.15) is 0 Å². The third kappa shape index (κ3) is 3.07. The third-order valence-corrected chi connectivity index (χ3v) is 3.82. The smallest absolute Gasteiger partial charge is 0.261 e. The summed E-state index contributed by atoms with van der Waals surface area (Å²) in [6.07, 6.45) is 6.24. The Kier molecular flexibility index (Phi) is 3.90. The summed E-state index contributed by atoms with van der Waals surface area (Å²) in [6.45, 7) is 0.447. The molecule has 0 aliphatic heterocycles. The zero-order chi connectivity index (χ0) is 14.7. The third-order valence-electron chi connectivity index (χ3n) is 3.82. The summed E-state index contributed by atoms with van der Waals surface area (Å²) in [5, 5.41) is 2.77. The van der Waals surface area contributed by atoms with Crippen molar-refractivity contribution in [2.45, 2.75) is 32.1 Å². The van der Waals surface area contributed by atoms with Crippen molar-refractivity contribution < 1.29 is 9.21 Å². The second-order valence-electron chi connectivity index (χ2n) is 5.31. The molecular weight excluding hydrogens is 268 g/mol. The Hall–Kier alpha value is -2.30. The summed E-state index contributed by atoms with van der Waals surface area (Å²) < 4.78 is 5.20. The van der Waals surface area contributed by atoms with Gasteiger partial charge in [0.2, 0.25) is 0 Å². The highest BCUT2D eigenvalue weighted by Gasteiger charge is 2.16. The van der Waals surface area contributed by atoms with Crippen LogP contribution in [-0.2, 0) is 19.3 Å². The van der Waals surface area contributed by atoms with Gasteiger partial charge < -0.3 is 14.7 Å². The van der Waals surface area contributed by atoms with Gasteiger partial charge in [-0.1, -0.05) is 0 Å². The molecule has 21 heavy (non-hydrogen) atoms. The summed E-state index contributed by atoms with van der Waals surface area (Å²) in [7, 11) is 0. The second-order valence-corrected chi connectivity index (χ2v) is 5.31. The minimum atomic E-state index is -0.323. The molecule has 110 valence electrons. The molecule has 0 radical (unpaired) electrons. The molecule has 2 aromatic rings. The normalized spacial score (nSPS) is 13.7. The van der Waals surface area contributed by atoms with E-state index in [1.54, 1.807) is 12.3 Å². The molecule has 2 heterocycles. The fraction of sp³-hybridized carbons (Fsp3) is 0.375. The lowest BCUT2D eigenvalue weighted by atomic mass is 9.95. The summed E-state index contributed by atoms with van der Waals surface area (Å²) >= 11 is 0. The Morgan fingerprint density at radius 2 is 2.19 bits per heavy atom. The Bertz CT molecular complexity index is 686. The van der Waals surface area contributed by atoms with Gasteiger partial charge in [0.15, 0.2) is 0 Å². The van der Waals surface area contributed by atoms with E-state index in [4.69, 9.17) is 4.42 Å². The lowest BCUT2D eigenvalue weighted by molar-refractivity contribution is 0.0952. The molecule has 0 unspecified atom stereocenters. The van der Waals surface area contributed by atoms with Crippen LogP contribution >= 0.6 is 0 Å². The molecule has 1 amide bonds. The molecule has 1 aliphatic carbocycles. The number of amides is 1. The van der Waals surface area contributed by atoms with Gasteiger partial charge in [0.25, 0.3) is 11.5 Å². The number of aromatic amines is 1. The Morgan fingerprint density at radius 1 is 1.33 bits per heavy atom. The number of rotatable bonds is 4. The van der Waals surface area contributed by atoms with E-state index in [1.165, 1.54) is 0 Å². The van der Waals surface area contributed by atoms with Gasteiger partial charge in [-0.05, 0) is 49.4 Å². The first kappa shape index (κ1) is 13.7. The summed E-state index contributed by atoms with van der Waals surface area (Å²) in [5.41, 5.74) is 1.98. The average Bonchev–Trinajstić information content (AvgIpc) is 2.99. The molecule has 0 fully saturated rings. The number of fused-ring (bicyclic) bond motifs is 1. The van der Waals surface area contributed by atoms with E-state index in [1.807, 2.05) is 12.1 Å². The summed E-state index contributed by atoms with van der Waals surface area (Å²) in [4.78, 5) is 27.0. The molecule has 0 bridgehead atoms. The van der Waals surface area contributed by atoms with Crippen molar-refractivity contribution in [1.82, 2.24) is 10.3 Å². The van der Waals surface area contributed by atoms with Crippen LogP contribution in [0.1, 0.15) is 40.2 Å². The second kappa shape index (κ2) is 5.99. The minimum Gasteiger partial charge on any atom is -0.469 e. The number of nitrogens with one attached hydrogen (secondary N) is 2. The average molecular weight is 286 g/mol. The van der Waals surface area contributed by atoms with Crippen molar-refractivity contribution in [2.75, 3.05) is 6.54 Å². The fourth-order valence-electron chi connectivity index (χ4n) is 2.69. The van der Waals surface area contributed by atoms with E-state index in [0.717, 1.165) is 42.7 Å². The highest BCUT2D eigenvalue weighted by atomic mass is 16.3. The summed E-state index contributed by atoms with van der Waals surface area (Å²) in [5.74, 6) is 0.492. The van der Waals surface area contributed by atoms with Crippen LogP contribution in [0.2, 0.25) is 0 Å². The molecule has 0 saturated carbocycles. The number of aryl methyl sites for hydroxylation is 2. The zero-order valence-electron chi connectivity index (χ0n) is 11.8. The van der Waals surface area contributed by atoms with Gasteiger partial charge in [-0.3, -0.25) is 9.59 Å². The summed E-state index contributed by atoms with van der Waals surface area (Å²) in [6, 6.07) is 5.42. The molecule has 0 aromatic carbocycles. The number of pyridine rings is 1. The first-order valence-corrected chi connectivity index (χ1v) is 7.29. The van der Waals surface area contributed by atoms with Crippen molar-refractivity contribution in [3.05, 3.63) is 57.4 Å². The van der Waals surface area contributed by atoms with Crippen molar-refractivity contribution in [2.24, 2.45) is 0 Å². The van der Waals surface area contributed by atoms with E-state index in [0.29, 0.717) is 13.0 Å². The predicted octanol–water partition coefficient (Wildman–Crippen LogP) is 1.82. The van der Waals surface area contributed by atoms with Gasteiger partial charge in [-0.25, -0.2) is 0 Å². The molecule has 5 nitrogen and oxygen atoms in total. The monoisotopic (exact) mass is 286 g/mol. The first-order valence-electron chi connectivity index (χ1n) is 7.29. The quantitative estimate of drug-likeness (QED) is 0.900. The van der Waals surface area contributed by atoms with Crippen LogP contribution in [0.5, 0.6) is 0 Å². The Morgan fingerprint density at radius 3 is 3.00 bits per heavy atom. The number of hydrogen-bond donors (Lipinski definition) is 2. The zero-order valence-corrected chi connectivity index (χ0v) is 11.8. The van der Waals surface area contributed by atoms with Crippen molar-refractivity contribution in [3.63, 3.8) is 0 Å². The topological polar surface area (TPSA) is 75.1 Å². The number of carbonyl (C=O) groups excluding carboxylic acids is 1. The van der Waals surface area contributed by atoms with Crippen LogP contribution in [0.4, 0.5) is 0 Å². The highest BCUT2D eigenvalue weighted by Crippen LogP contribution is 2.18. The number of furan rings is 1. The maximum atomic E-state index is 12.1. The molecule has 2 N–H and O–H groups in total. The van der Waals surface area contributed by atoms with Crippen LogP contribution in [0.3, 0.4) is 0 Å². The van der Waals surface area contributed by atoms with E-state index >= 15 is 0 Å². The Balaban J connectivity index is 1.68. The van der Waals surface area contributed by atoms with Gasteiger partial charge >= 0.3 is 0 Å². The molecule has 3 rings (SSSR count). The maximum absolute atomic E-state index is 12.1. The lowest BCUT2D eigenvalue weighted by Gasteiger charge is -2.15. The molecule has 2 aromatic heterocycles. The van der Waals surface area contributed by atoms with Crippen LogP contribution in [0.25, 0.3) is 0 Å². The molecule has 0 saturated heterocycles. The number of hydrogen-bond acceptors (Lipinski definition) is 3. The molecule has 1 aliphatic rings. The van der Waals surface area contributed by atoms with Crippen LogP contribution in [0.15, 0.2) is 33.7 Å². The van der Waals surface area contributed by atoms with Crippen molar-refractivity contribution in [3.8, 4) is 0 Å². The lowest BCUT2D eigenvalue weighted by Crippen LogP contribution is -2.32. The van der Waals surface area contributed by atoms with E-state index in [-0.39, 0.29) is 17.0 Å². The van der Waals surface area contributed by atoms with E-state index < -0.39 is 0 Å². The van der Waals surface area contributed by atoms with Crippen LogP contribution < -0.4 is 10.9 Å². The highest BCUT2D eigenvalue weighted by molar-refractivity contribution is 5.94. The SMILES string of the molecule is O=C(NCCc1ccco1)c1cc2c([nH]c1=O)CCCC2. The van der Waals surface area contributed by atoms with E-state index in [2.05, 4.69) is 10.3 Å². The maximum Gasteiger partial charge on any atom is 0.261 e. The molecule has 0 spiro atoms. The first-order chi connectivity index (χ1) is 10.2. The van der Waals surface area contributed by atoms with Gasteiger partial charge in [0, 0.05) is 18.7 Å². The van der Waals surface area contributed by atoms with Gasteiger partial charge in [0.05, 0.1) is 6.26 Å². The predicted molar refractivity (Wildman–Crippen MR) is 78.4 cm³/mol. The molecule has 5 heteroatoms. The van der Waals surface area contributed by atoms with Crippen molar-refractivity contribution >= 4 is 5.91 Å². The molecule has 0 atom stereocenters. The van der Waals surface area contributed by atoms with Gasteiger partial charge in [0.1, 0.15) is 11.3 Å². The van der Waals surface area contributed by atoms with Gasteiger partial charge in [-0.15, -0.1) is 0 Å². The largest absolute Gasteiger partial charge is 0.469 e.